The van der Waals surface area contributed by atoms with E-state index in [0.717, 1.165) is 33.2 Å². The summed E-state index contributed by atoms with van der Waals surface area (Å²) in [5.41, 5.74) is 6.40. The van der Waals surface area contributed by atoms with Crippen molar-refractivity contribution < 1.29 is 0 Å². The van der Waals surface area contributed by atoms with E-state index in [1.165, 1.54) is 74.3 Å². The van der Waals surface area contributed by atoms with Crippen LogP contribution in [0.25, 0.3) is 125 Å². The topological polar surface area (TPSA) is 43.6 Å². The predicted molar refractivity (Wildman–Crippen MR) is 245 cm³/mol. The van der Waals surface area contributed by atoms with Crippen LogP contribution in [0.3, 0.4) is 0 Å². The minimum Gasteiger partial charge on any atom is -0.309 e. The molecule has 0 aliphatic heterocycles. The molecule has 0 N–H and O–H groups in total. The van der Waals surface area contributed by atoms with Crippen molar-refractivity contribution in [2.75, 3.05) is 0 Å². The molecule has 0 aliphatic rings. The molecule has 0 aliphatic carbocycles. The van der Waals surface area contributed by atoms with Crippen molar-refractivity contribution in [3.05, 3.63) is 182 Å². The van der Waals surface area contributed by atoms with Gasteiger partial charge in [0.1, 0.15) is 0 Å². The highest BCUT2D eigenvalue weighted by atomic mass is 32.1. The molecule has 0 saturated carbocycles. The van der Waals surface area contributed by atoms with Crippen molar-refractivity contribution in [1.29, 1.82) is 0 Å². The lowest BCUT2D eigenvalue weighted by molar-refractivity contribution is 1.08. The van der Waals surface area contributed by atoms with Gasteiger partial charge in [0.25, 0.3) is 0 Å². The average Bonchev–Trinajstić information content (AvgIpc) is 3.84. The van der Waals surface area contributed by atoms with Crippen molar-refractivity contribution in [1.82, 2.24) is 19.5 Å². The van der Waals surface area contributed by atoms with Crippen molar-refractivity contribution in [2.45, 2.75) is 0 Å². The summed E-state index contributed by atoms with van der Waals surface area (Å²) in [7, 11) is 0. The van der Waals surface area contributed by atoms with Gasteiger partial charge in [0.05, 0.1) is 16.7 Å². The number of fused-ring (bicyclic) bond motifs is 9. The second-order valence-electron chi connectivity index (χ2n) is 15.1. The fraction of sp³-hybridized carbons (Fsp3) is 0. The van der Waals surface area contributed by atoms with Crippen LogP contribution in [-0.4, -0.2) is 19.5 Å². The maximum Gasteiger partial charge on any atom is 0.164 e. The van der Waals surface area contributed by atoms with Crippen LogP contribution in [0.5, 0.6) is 0 Å². The minimum atomic E-state index is 0.648. The molecule has 5 heteroatoms. The predicted octanol–water partition coefficient (Wildman–Crippen LogP) is 14.4. The molecule has 58 heavy (non-hydrogen) atoms. The molecule has 0 bridgehead atoms. The number of rotatable bonds is 4. The molecule has 0 saturated heterocycles. The summed E-state index contributed by atoms with van der Waals surface area (Å²) in [5.74, 6) is 1.96. The third-order valence-electron chi connectivity index (χ3n) is 12.0. The third kappa shape index (κ3) is 4.47. The minimum absolute atomic E-state index is 0.648. The van der Waals surface area contributed by atoms with Gasteiger partial charge in [0, 0.05) is 53.0 Å². The Labute approximate surface area is 336 Å². The molecule has 0 unspecified atom stereocenters. The molecule has 268 valence electrons. The smallest absolute Gasteiger partial charge is 0.164 e. The zero-order valence-corrected chi connectivity index (χ0v) is 31.8. The normalized spacial score (nSPS) is 12.1. The quantitative estimate of drug-likeness (QED) is 0.168. The van der Waals surface area contributed by atoms with Gasteiger partial charge in [-0.1, -0.05) is 146 Å². The Morgan fingerprint density at radius 3 is 1.79 bits per heavy atom. The zero-order valence-electron chi connectivity index (χ0n) is 31.0. The number of benzene rings is 10. The highest BCUT2D eigenvalue weighted by Crippen LogP contribution is 2.46. The Bertz CT molecular complexity index is 3800. The van der Waals surface area contributed by atoms with E-state index >= 15 is 0 Å². The van der Waals surface area contributed by atoms with E-state index in [0.29, 0.717) is 17.5 Å². The number of aromatic nitrogens is 4. The Balaban J connectivity index is 1.05. The first-order chi connectivity index (χ1) is 28.8. The molecule has 3 aromatic heterocycles. The van der Waals surface area contributed by atoms with Crippen LogP contribution >= 0.6 is 11.3 Å². The van der Waals surface area contributed by atoms with Gasteiger partial charge in [0.15, 0.2) is 17.5 Å². The average molecular weight is 755 g/mol. The van der Waals surface area contributed by atoms with E-state index in [2.05, 4.69) is 168 Å². The van der Waals surface area contributed by atoms with E-state index in [4.69, 9.17) is 15.0 Å². The number of nitrogens with zero attached hydrogens (tertiary/aromatic N) is 4. The molecule has 4 nitrogen and oxygen atoms in total. The molecular weight excluding hydrogens is 725 g/mol. The summed E-state index contributed by atoms with van der Waals surface area (Å²) < 4.78 is 4.96. The first-order valence-corrected chi connectivity index (χ1v) is 20.4. The summed E-state index contributed by atoms with van der Waals surface area (Å²) in [4.78, 5) is 15.6. The SMILES string of the molecule is c1ccc(-c2nc(-c3ccc4c(c3)sc3ccccc34)nc(-c3ccc(-n4c5cccc6c7ccc8ccccc8c7c7cccc4c7c65)c4ccccc34)n2)cc1. The fourth-order valence-electron chi connectivity index (χ4n) is 9.47. The summed E-state index contributed by atoms with van der Waals surface area (Å²) in [6.45, 7) is 0. The van der Waals surface area contributed by atoms with Gasteiger partial charge < -0.3 is 4.57 Å². The second kappa shape index (κ2) is 12.0. The highest BCUT2D eigenvalue weighted by molar-refractivity contribution is 7.25. The van der Waals surface area contributed by atoms with Gasteiger partial charge in [0.2, 0.25) is 0 Å². The molecule has 0 amide bonds. The Morgan fingerprint density at radius 2 is 0.948 bits per heavy atom. The molecule has 0 radical (unpaired) electrons. The van der Waals surface area contributed by atoms with Crippen LogP contribution in [0.15, 0.2) is 182 Å². The Kier molecular flexibility index (Phi) is 6.57. The van der Waals surface area contributed by atoms with E-state index in [-0.39, 0.29) is 0 Å². The standard InChI is InChI=1S/C53H30N4S/c1-2-13-32(14-3-1)51-54-52(33-25-26-38-37-18-8-9-23-46(37)58-47(38)30-33)56-53(55-51)41-28-29-43(36-17-7-6-16-35(36)41)57-44-21-10-19-39-40-27-24-31-12-4-5-15-34(31)48(40)42-20-11-22-45(57)50(42)49(39)44/h1-30H. The summed E-state index contributed by atoms with van der Waals surface area (Å²) in [5, 5.41) is 15.0. The van der Waals surface area contributed by atoms with Crippen LogP contribution < -0.4 is 0 Å². The van der Waals surface area contributed by atoms with Gasteiger partial charge >= 0.3 is 0 Å². The maximum absolute atomic E-state index is 5.26. The lowest BCUT2D eigenvalue weighted by Gasteiger charge is -2.15. The molecule has 0 fully saturated rings. The lowest BCUT2D eigenvalue weighted by atomic mass is 9.91. The molecular formula is C53H30N4S. The van der Waals surface area contributed by atoms with Crippen molar-refractivity contribution in [2.24, 2.45) is 0 Å². The monoisotopic (exact) mass is 754 g/mol. The summed E-state index contributed by atoms with van der Waals surface area (Å²) in [6, 6.07) is 65.4. The number of thiophene rings is 1. The van der Waals surface area contributed by atoms with E-state index in [1.54, 1.807) is 11.3 Å². The van der Waals surface area contributed by atoms with Crippen molar-refractivity contribution in [3.63, 3.8) is 0 Å². The Hall–Kier alpha value is -7.47. The van der Waals surface area contributed by atoms with Crippen LogP contribution in [0.1, 0.15) is 0 Å². The highest BCUT2D eigenvalue weighted by Gasteiger charge is 2.23. The molecule has 3 heterocycles. The maximum atomic E-state index is 5.26. The second-order valence-corrected chi connectivity index (χ2v) is 16.2. The number of hydrogen-bond donors (Lipinski definition) is 0. The molecule has 10 aromatic carbocycles. The van der Waals surface area contributed by atoms with E-state index in [1.807, 2.05) is 18.2 Å². The molecule has 13 rings (SSSR count). The van der Waals surface area contributed by atoms with Crippen LogP contribution in [0, 0.1) is 0 Å². The third-order valence-corrected chi connectivity index (χ3v) is 13.1. The van der Waals surface area contributed by atoms with Crippen LogP contribution in [0.2, 0.25) is 0 Å². The number of hydrogen-bond acceptors (Lipinski definition) is 4. The first-order valence-electron chi connectivity index (χ1n) is 19.6. The van der Waals surface area contributed by atoms with Crippen LogP contribution in [-0.2, 0) is 0 Å². The largest absolute Gasteiger partial charge is 0.309 e. The van der Waals surface area contributed by atoms with E-state index < -0.39 is 0 Å². The fourth-order valence-corrected chi connectivity index (χ4v) is 10.6. The Morgan fingerprint density at radius 1 is 0.345 bits per heavy atom. The zero-order chi connectivity index (χ0) is 37.9. The molecule has 13 aromatic rings. The van der Waals surface area contributed by atoms with Crippen molar-refractivity contribution >= 4 is 96.4 Å². The van der Waals surface area contributed by atoms with Gasteiger partial charge in [-0.3, -0.25) is 0 Å². The van der Waals surface area contributed by atoms with Gasteiger partial charge in [-0.05, 0) is 74.1 Å². The van der Waals surface area contributed by atoms with E-state index in [9.17, 15) is 0 Å². The van der Waals surface area contributed by atoms with Crippen LogP contribution in [0.4, 0.5) is 0 Å². The molecule has 0 atom stereocenters. The lowest BCUT2D eigenvalue weighted by Crippen LogP contribution is -2.01. The first kappa shape index (κ1) is 31.7. The van der Waals surface area contributed by atoms with Crippen molar-refractivity contribution in [3.8, 4) is 39.9 Å². The van der Waals surface area contributed by atoms with Gasteiger partial charge in [-0.15, -0.1) is 11.3 Å². The van der Waals surface area contributed by atoms with Gasteiger partial charge in [-0.25, -0.2) is 15.0 Å². The summed E-state index contributed by atoms with van der Waals surface area (Å²) >= 11 is 1.80. The van der Waals surface area contributed by atoms with Gasteiger partial charge in [-0.2, -0.15) is 0 Å². The molecule has 0 spiro atoms. The summed E-state index contributed by atoms with van der Waals surface area (Å²) in [6.07, 6.45) is 0.